The van der Waals surface area contributed by atoms with Gasteiger partial charge in [-0.15, -0.1) is 0 Å². The number of hydrogen-bond acceptors (Lipinski definition) is 1. The first kappa shape index (κ1) is 21.1. The van der Waals surface area contributed by atoms with Crippen LogP contribution in [0.4, 0.5) is 10.1 Å². The van der Waals surface area contributed by atoms with E-state index in [9.17, 15) is 4.39 Å². The molecule has 0 atom stereocenters. The van der Waals surface area contributed by atoms with Gasteiger partial charge in [-0.1, -0.05) is 61.9 Å². The molecule has 3 rings (SSSR count). The van der Waals surface area contributed by atoms with Gasteiger partial charge in [0, 0.05) is 11.4 Å². The van der Waals surface area contributed by atoms with Crippen LogP contribution in [0.2, 0.25) is 0 Å². The first-order chi connectivity index (χ1) is 13.8. The summed E-state index contributed by atoms with van der Waals surface area (Å²) in [6.07, 6.45) is 8.64. The topological polar surface area (TPSA) is 12.0 Å². The molecule has 1 nitrogen and oxygen atoms in total. The summed E-state index contributed by atoms with van der Waals surface area (Å²) in [6, 6.07) is 11.7. The highest BCUT2D eigenvalue weighted by atomic mass is 19.1. The van der Waals surface area contributed by atoms with Gasteiger partial charge in [-0.3, -0.25) is 0 Å². The predicted molar refractivity (Wildman–Crippen MR) is 123 cm³/mol. The average molecular weight is 390 g/mol. The molecule has 0 unspecified atom stereocenters. The molecule has 29 heavy (non-hydrogen) atoms. The molecular weight excluding hydrogens is 357 g/mol. The zero-order valence-electron chi connectivity index (χ0n) is 18.1. The fourth-order valence-corrected chi connectivity index (χ4v) is 3.77. The molecule has 0 heterocycles. The van der Waals surface area contributed by atoms with Crippen LogP contribution < -0.4 is 5.32 Å². The van der Waals surface area contributed by atoms with Crippen molar-refractivity contribution in [3.05, 3.63) is 100 Å². The van der Waals surface area contributed by atoms with E-state index in [1.54, 1.807) is 12.1 Å². The van der Waals surface area contributed by atoms with Crippen molar-refractivity contribution >= 4 is 5.69 Å². The zero-order valence-corrected chi connectivity index (χ0v) is 18.1. The third-order valence-corrected chi connectivity index (χ3v) is 5.57. The Hall–Kier alpha value is -2.61. The molecule has 0 saturated heterocycles. The molecule has 1 aliphatic carbocycles. The minimum absolute atomic E-state index is 0.214. The maximum Gasteiger partial charge on any atom is 0.123 e. The van der Waals surface area contributed by atoms with Crippen molar-refractivity contribution in [1.82, 2.24) is 0 Å². The van der Waals surface area contributed by atoms with Crippen LogP contribution in [-0.4, -0.2) is 0 Å². The summed E-state index contributed by atoms with van der Waals surface area (Å²) >= 11 is 0. The van der Waals surface area contributed by atoms with Crippen LogP contribution in [0.15, 0.2) is 72.0 Å². The van der Waals surface area contributed by atoms with Crippen molar-refractivity contribution in [2.75, 3.05) is 5.32 Å². The summed E-state index contributed by atoms with van der Waals surface area (Å²) in [4.78, 5) is 0. The summed E-state index contributed by atoms with van der Waals surface area (Å²) in [5.41, 5.74) is 9.51. The third kappa shape index (κ3) is 5.69. The first-order valence-corrected chi connectivity index (χ1v) is 10.5. The molecule has 1 N–H and O–H groups in total. The lowest BCUT2D eigenvalue weighted by Gasteiger charge is -2.15. The van der Waals surface area contributed by atoms with Gasteiger partial charge in [-0.05, 0) is 85.9 Å². The van der Waals surface area contributed by atoms with E-state index in [0.29, 0.717) is 5.92 Å². The maximum atomic E-state index is 13.3. The summed E-state index contributed by atoms with van der Waals surface area (Å²) in [7, 11) is 0. The fourth-order valence-electron chi connectivity index (χ4n) is 3.77. The molecule has 2 heteroatoms. The Morgan fingerprint density at radius 1 is 1.07 bits per heavy atom. The van der Waals surface area contributed by atoms with Crippen LogP contribution in [0, 0.1) is 25.6 Å². The highest BCUT2D eigenvalue weighted by Crippen LogP contribution is 2.30. The molecule has 0 bridgehead atoms. The van der Waals surface area contributed by atoms with Gasteiger partial charge in [0.1, 0.15) is 5.82 Å². The van der Waals surface area contributed by atoms with E-state index < -0.39 is 0 Å². The molecule has 152 valence electrons. The highest BCUT2D eigenvalue weighted by molar-refractivity contribution is 5.59. The lowest BCUT2D eigenvalue weighted by atomic mass is 9.92. The van der Waals surface area contributed by atoms with Crippen molar-refractivity contribution in [3.63, 3.8) is 0 Å². The monoisotopic (exact) mass is 389 g/mol. The molecule has 0 saturated carbocycles. The Morgan fingerprint density at radius 3 is 2.59 bits per heavy atom. The number of nitrogens with one attached hydrogen (secondary N) is 1. The van der Waals surface area contributed by atoms with Crippen molar-refractivity contribution in [2.24, 2.45) is 5.92 Å². The molecule has 0 aliphatic heterocycles. The van der Waals surface area contributed by atoms with Crippen molar-refractivity contribution in [3.8, 4) is 0 Å². The van der Waals surface area contributed by atoms with E-state index in [0.717, 1.165) is 36.2 Å². The van der Waals surface area contributed by atoms with Gasteiger partial charge in [-0.2, -0.15) is 0 Å². The Morgan fingerprint density at radius 2 is 1.86 bits per heavy atom. The van der Waals surface area contributed by atoms with Crippen LogP contribution >= 0.6 is 0 Å². The second-order valence-electron chi connectivity index (χ2n) is 8.64. The second-order valence-corrected chi connectivity index (χ2v) is 8.64. The first-order valence-electron chi connectivity index (χ1n) is 10.5. The van der Waals surface area contributed by atoms with Crippen LogP contribution in [0.25, 0.3) is 0 Å². The number of allylic oxidation sites excluding steroid dienone is 4. The number of rotatable bonds is 8. The molecular formula is C27H32FN. The number of benzene rings is 2. The van der Waals surface area contributed by atoms with Gasteiger partial charge < -0.3 is 5.32 Å². The largest absolute Gasteiger partial charge is 0.356 e. The van der Waals surface area contributed by atoms with Gasteiger partial charge >= 0.3 is 0 Å². The van der Waals surface area contributed by atoms with E-state index in [1.807, 2.05) is 6.92 Å². The summed E-state index contributed by atoms with van der Waals surface area (Å²) in [6.45, 7) is 12.8. The fraction of sp³-hybridized carbons (Fsp3) is 0.333. The second kappa shape index (κ2) is 9.26. The van der Waals surface area contributed by atoms with Crippen LogP contribution in [0.1, 0.15) is 48.9 Å². The highest BCUT2D eigenvalue weighted by Gasteiger charge is 2.14. The molecule has 1 aliphatic rings. The Labute approximate surface area is 175 Å². The number of hydrogen-bond donors (Lipinski definition) is 1. The zero-order chi connectivity index (χ0) is 21.0. The summed E-state index contributed by atoms with van der Waals surface area (Å²) in [5.74, 6) is 0.501. The summed E-state index contributed by atoms with van der Waals surface area (Å²) in [5, 5.41) is 3.35. The SMILES string of the molecule is C=C(Nc1ccc(F)cc1C)C1=CC=C(Cc2cc(C)ccc2CCC(C)C)C1. The Kier molecular flexibility index (Phi) is 6.74. The maximum absolute atomic E-state index is 13.3. The average Bonchev–Trinajstić information content (AvgIpc) is 3.12. The standard InChI is InChI=1S/C27H32FN/c1-18(2)6-9-23-10-7-19(3)14-25(23)17-22-8-11-24(16-22)21(5)29-27-13-12-26(28)15-20(27)4/h7-8,10-15,18,29H,5-6,9,16-17H2,1-4H3. The van der Waals surface area contributed by atoms with Crippen molar-refractivity contribution in [2.45, 2.75) is 53.4 Å². The van der Waals surface area contributed by atoms with Gasteiger partial charge in [-0.25, -0.2) is 4.39 Å². The van der Waals surface area contributed by atoms with Crippen molar-refractivity contribution in [1.29, 1.82) is 0 Å². The van der Waals surface area contributed by atoms with Gasteiger partial charge in [0.2, 0.25) is 0 Å². The Balaban J connectivity index is 1.63. The van der Waals surface area contributed by atoms with E-state index in [1.165, 1.54) is 40.3 Å². The molecule has 2 aromatic carbocycles. The molecule has 0 amide bonds. The van der Waals surface area contributed by atoms with E-state index in [2.05, 4.69) is 63.0 Å². The van der Waals surface area contributed by atoms with Gasteiger partial charge in [0.15, 0.2) is 0 Å². The molecule has 0 aromatic heterocycles. The molecule has 0 spiro atoms. The minimum Gasteiger partial charge on any atom is -0.356 e. The summed E-state index contributed by atoms with van der Waals surface area (Å²) < 4.78 is 13.3. The van der Waals surface area contributed by atoms with Crippen LogP contribution in [-0.2, 0) is 12.8 Å². The lowest BCUT2D eigenvalue weighted by Crippen LogP contribution is -2.04. The minimum atomic E-state index is -0.214. The quantitative estimate of drug-likeness (QED) is 0.494. The van der Waals surface area contributed by atoms with Gasteiger partial charge in [0.05, 0.1) is 0 Å². The van der Waals surface area contributed by atoms with E-state index in [-0.39, 0.29) is 5.82 Å². The predicted octanol–water partition coefficient (Wildman–Crippen LogP) is 7.46. The molecule has 0 fully saturated rings. The van der Waals surface area contributed by atoms with Crippen LogP contribution in [0.3, 0.4) is 0 Å². The molecule has 0 radical (unpaired) electrons. The third-order valence-electron chi connectivity index (χ3n) is 5.57. The van der Waals surface area contributed by atoms with Crippen LogP contribution in [0.5, 0.6) is 0 Å². The van der Waals surface area contributed by atoms with E-state index >= 15 is 0 Å². The van der Waals surface area contributed by atoms with E-state index in [4.69, 9.17) is 0 Å². The normalized spacial score (nSPS) is 13.4. The number of aryl methyl sites for hydroxylation is 3. The number of anilines is 1. The lowest BCUT2D eigenvalue weighted by molar-refractivity contribution is 0.585. The van der Waals surface area contributed by atoms with Gasteiger partial charge in [0.25, 0.3) is 0 Å². The van der Waals surface area contributed by atoms with Crippen molar-refractivity contribution < 1.29 is 4.39 Å². The molecule has 2 aromatic rings. The smallest absolute Gasteiger partial charge is 0.123 e. The Bertz CT molecular complexity index is 962. The number of halogens is 1.